The predicted molar refractivity (Wildman–Crippen MR) is 276 cm³/mol. The molecule has 0 radical (unpaired) electrons. The van der Waals surface area contributed by atoms with Crippen LogP contribution in [0.15, 0.2) is 48.6 Å². The van der Waals surface area contributed by atoms with Gasteiger partial charge in [-0.15, -0.1) is 0 Å². The highest BCUT2D eigenvalue weighted by atomic mass is 16.7. The van der Waals surface area contributed by atoms with Crippen molar-refractivity contribution in [3.8, 4) is 0 Å². The third-order valence-corrected chi connectivity index (χ3v) is 12.4. The minimum atomic E-state index is -1.90. The van der Waals surface area contributed by atoms with Crippen LogP contribution in [0.3, 0.4) is 0 Å². The first-order valence-corrected chi connectivity index (χ1v) is 27.6. The third-order valence-electron chi connectivity index (χ3n) is 12.4. The summed E-state index contributed by atoms with van der Waals surface area (Å²) in [6.07, 6.45) is 41.1. The van der Waals surface area contributed by atoms with E-state index in [1.807, 2.05) is 0 Å². The fourth-order valence-electron chi connectivity index (χ4n) is 8.18. The molecule has 0 aromatic carbocycles. The van der Waals surface area contributed by atoms with Gasteiger partial charge in [0.1, 0.15) is 18.8 Å². The summed E-state index contributed by atoms with van der Waals surface area (Å²) in [6.45, 7) is 5.82. The number of aliphatic hydroxyl groups excluding tert-OH is 2. The number of hydrogen-bond donors (Lipinski definition) is 3. The zero-order valence-corrected chi connectivity index (χ0v) is 43.6. The Morgan fingerprint density at radius 1 is 0.493 bits per heavy atom. The van der Waals surface area contributed by atoms with E-state index in [0.717, 1.165) is 109 Å². The van der Waals surface area contributed by atoms with Crippen LogP contribution in [0.5, 0.6) is 0 Å². The molecule has 1 rings (SSSR count). The van der Waals surface area contributed by atoms with Crippen molar-refractivity contribution >= 4 is 23.9 Å². The van der Waals surface area contributed by atoms with Crippen LogP contribution >= 0.6 is 0 Å². The predicted octanol–water partition coefficient (Wildman–Crippen LogP) is 13.4. The molecule has 1 heterocycles. The molecule has 12 heteroatoms. The van der Waals surface area contributed by atoms with E-state index in [-0.39, 0.29) is 25.9 Å². The second kappa shape index (κ2) is 45.8. The van der Waals surface area contributed by atoms with Gasteiger partial charge in [0.2, 0.25) is 0 Å². The highest BCUT2D eigenvalue weighted by Crippen LogP contribution is 2.26. The highest BCUT2D eigenvalue weighted by Gasteiger charge is 2.50. The lowest BCUT2D eigenvalue weighted by Gasteiger charge is -2.40. The van der Waals surface area contributed by atoms with Gasteiger partial charge in [-0.25, -0.2) is 4.79 Å². The number of carbonyl (C=O) groups is 4. The first kappa shape index (κ1) is 63.7. The first-order chi connectivity index (χ1) is 33.6. The second-order valence-electron chi connectivity index (χ2n) is 18.9. The number of unbranched alkanes of at least 4 members (excludes halogenated alkanes) is 24. The topological polar surface area (TPSA) is 175 Å². The van der Waals surface area contributed by atoms with Crippen LogP contribution in [0.4, 0.5) is 0 Å². The minimum absolute atomic E-state index is 0.0617. The summed E-state index contributed by atoms with van der Waals surface area (Å²) in [7, 11) is 0. The summed E-state index contributed by atoms with van der Waals surface area (Å²) in [5, 5.41) is 31.3. The van der Waals surface area contributed by atoms with Gasteiger partial charge in [-0.3, -0.25) is 14.4 Å². The summed E-state index contributed by atoms with van der Waals surface area (Å²) in [5.41, 5.74) is 0. The molecule has 1 aliphatic heterocycles. The van der Waals surface area contributed by atoms with E-state index in [0.29, 0.717) is 19.3 Å². The standard InChI is InChI=1S/C57H98O12/c1-4-7-10-13-16-19-21-22-23-24-25-26-27-28-30-32-34-37-40-43-49(58)65-46-48(67-50(59)44-41-38-36-33-29-20-17-14-11-8-5-2)47-66-57-55(53(62)52(61)54(69-57)56(63)64)68-51(60)45-42-39-35-31-18-15-12-9-6-3/h7,10,16,19,22-23,25-26,48,52-55,57,61-62H,4-6,8-9,11-15,17-18,20-21,24,27-47H2,1-3H3,(H,63,64)/b10-7-,19-16-,23-22-,26-25-. The Bertz CT molecular complexity index is 1390. The number of carbonyl (C=O) groups excluding carboxylic acids is 3. The maximum absolute atomic E-state index is 13.1. The Kier molecular flexibility index (Phi) is 42.3. The van der Waals surface area contributed by atoms with Crippen LogP contribution in [0.1, 0.15) is 239 Å². The molecule has 1 fully saturated rings. The monoisotopic (exact) mass is 975 g/mol. The molecular weight excluding hydrogens is 877 g/mol. The molecule has 0 amide bonds. The second-order valence-corrected chi connectivity index (χ2v) is 18.9. The van der Waals surface area contributed by atoms with Gasteiger partial charge < -0.3 is 39.0 Å². The van der Waals surface area contributed by atoms with Crippen LogP contribution in [0.2, 0.25) is 0 Å². The van der Waals surface area contributed by atoms with Crippen LogP contribution < -0.4 is 0 Å². The number of hydrogen-bond acceptors (Lipinski definition) is 11. The molecule has 12 nitrogen and oxygen atoms in total. The van der Waals surface area contributed by atoms with Crippen molar-refractivity contribution < 1.29 is 58.2 Å². The third kappa shape index (κ3) is 36.3. The number of esters is 3. The van der Waals surface area contributed by atoms with Gasteiger partial charge in [-0.1, -0.05) is 211 Å². The molecule has 0 aromatic heterocycles. The normalized spacial score (nSPS) is 19.0. The van der Waals surface area contributed by atoms with E-state index < -0.39 is 67.3 Å². The molecule has 6 atom stereocenters. The van der Waals surface area contributed by atoms with Gasteiger partial charge in [-0.05, 0) is 57.8 Å². The van der Waals surface area contributed by atoms with Crippen molar-refractivity contribution in [1.29, 1.82) is 0 Å². The summed E-state index contributed by atoms with van der Waals surface area (Å²) >= 11 is 0. The number of rotatable bonds is 46. The van der Waals surface area contributed by atoms with Crippen molar-refractivity contribution in [3.63, 3.8) is 0 Å². The van der Waals surface area contributed by atoms with Crippen LogP contribution in [0, 0.1) is 0 Å². The van der Waals surface area contributed by atoms with Crippen molar-refractivity contribution in [2.45, 2.75) is 276 Å². The Hall–Kier alpha value is -3.32. The maximum atomic E-state index is 13.1. The Labute approximate surface area is 418 Å². The Balaban J connectivity index is 2.67. The van der Waals surface area contributed by atoms with Crippen molar-refractivity contribution in [1.82, 2.24) is 0 Å². The van der Waals surface area contributed by atoms with E-state index in [4.69, 9.17) is 23.7 Å². The molecule has 0 aliphatic carbocycles. The van der Waals surface area contributed by atoms with Gasteiger partial charge >= 0.3 is 23.9 Å². The van der Waals surface area contributed by atoms with Gasteiger partial charge in [-0.2, -0.15) is 0 Å². The number of aliphatic carboxylic acids is 1. The van der Waals surface area contributed by atoms with Crippen molar-refractivity contribution in [3.05, 3.63) is 48.6 Å². The van der Waals surface area contributed by atoms with Gasteiger partial charge in [0, 0.05) is 19.3 Å². The number of carboxylic acids is 1. The molecule has 6 unspecified atom stereocenters. The fraction of sp³-hybridized carbons (Fsp3) is 0.789. The molecule has 69 heavy (non-hydrogen) atoms. The number of aliphatic hydroxyl groups is 2. The number of allylic oxidation sites excluding steroid dienone is 8. The molecule has 1 aliphatic rings. The molecule has 0 bridgehead atoms. The quantitative estimate of drug-likeness (QED) is 0.0228. The summed E-state index contributed by atoms with van der Waals surface area (Å²) in [5.74, 6) is -3.13. The van der Waals surface area contributed by atoms with E-state index in [1.54, 1.807) is 0 Å². The summed E-state index contributed by atoms with van der Waals surface area (Å²) in [6, 6.07) is 0. The molecule has 3 N–H and O–H groups in total. The van der Waals surface area contributed by atoms with Gasteiger partial charge in [0.05, 0.1) is 6.61 Å². The average Bonchev–Trinajstić information content (AvgIpc) is 3.33. The van der Waals surface area contributed by atoms with Gasteiger partial charge in [0.15, 0.2) is 24.6 Å². The largest absolute Gasteiger partial charge is 0.479 e. The van der Waals surface area contributed by atoms with Crippen molar-refractivity contribution in [2.75, 3.05) is 13.2 Å². The molecule has 398 valence electrons. The van der Waals surface area contributed by atoms with E-state index in [9.17, 15) is 34.5 Å². The highest BCUT2D eigenvalue weighted by molar-refractivity contribution is 5.74. The maximum Gasteiger partial charge on any atom is 0.335 e. The lowest BCUT2D eigenvalue weighted by atomic mass is 9.98. The summed E-state index contributed by atoms with van der Waals surface area (Å²) < 4.78 is 28.3. The van der Waals surface area contributed by atoms with Crippen molar-refractivity contribution in [2.24, 2.45) is 0 Å². The zero-order valence-electron chi connectivity index (χ0n) is 43.6. The number of carboxylic acid groups (broad SMARTS) is 1. The molecule has 1 saturated heterocycles. The fourth-order valence-corrected chi connectivity index (χ4v) is 8.18. The smallest absolute Gasteiger partial charge is 0.335 e. The lowest BCUT2D eigenvalue weighted by molar-refractivity contribution is -0.301. The van der Waals surface area contributed by atoms with Crippen LogP contribution in [-0.2, 0) is 42.9 Å². The average molecular weight is 975 g/mol. The zero-order chi connectivity index (χ0) is 50.4. The molecule has 0 spiro atoms. The van der Waals surface area contributed by atoms with Crippen LogP contribution in [-0.4, -0.2) is 89.2 Å². The van der Waals surface area contributed by atoms with E-state index in [2.05, 4.69) is 69.4 Å². The lowest BCUT2D eigenvalue weighted by Crippen LogP contribution is -2.61. The number of ether oxygens (including phenoxy) is 5. The van der Waals surface area contributed by atoms with Crippen LogP contribution in [0.25, 0.3) is 0 Å². The summed E-state index contributed by atoms with van der Waals surface area (Å²) in [4.78, 5) is 50.8. The van der Waals surface area contributed by atoms with Gasteiger partial charge in [0.25, 0.3) is 0 Å². The molecule has 0 saturated carbocycles. The van der Waals surface area contributed by atoms with E-state index >= 15 is 0 Å². The Morgan fingerprint density at radius 3 is 1.39 bits per heavy atom. The SMILES string of the molecule is CC/C=C\C/C=C\C/C=C\C/C=C\CCCCCCCCC(=O)OCC(COC1OC(C(=O)O)C(O)C(O)C1OC(=O)CCCCCCCCCCC)OC(=O)CCCCCCCCCCCCC. The molecule has 0 aromatic rings. The first-order valence-electron chi connectivity index (χ1n) is 27.6. The molecular formula is C57H98O12. The minimum Gasteiger partial charge on any atom is -0.479 e. The Morgan fingerprint density at radius 2 is 0.913 bits per heavy atom. The van der Waals surface area contributed by atoms with E-state index in [1.165, 1.54) is 70.6 Å².